The van der Waals surface area contributed by atoms with Gasteiger partial charge in [-0.2, -0.15) is 0 Å². The van der Waals surface area contributed by atoms with Crippen molar-refractivity contribution in [1.82, 2.24) is 21.3 Å². The minimum atomic E-state index is -1.11. The van der Waals surface area contributed by atoms with Crippen LogP contribution in [0.5, 0.6) is 11.5 Å². The lowest BCUT2D eigenvalue weighted by atomic mass is 9.97. The number of carbonyl (C=O) groups is 4. The lowest BCUT2D eigenvalue weighted by Crippen LogP contribution is -2.54. The van der Waals surface area contributed by atoms with Crippen LogP contribution in [-0.2, 0) is 25.6 Å². The Balaban J connectivity index is 2.03. The number of rotatable bonds is 18. The molecule has 0 spiro atoms. The summed E-state index contributed by atoms with van der Waals surface area (Å²) in [5, 5.41) is 30.6. The van der Waals surface area contributed by atoms with Gasteiger partial charge in [0.25, 0.3) is 0 Å². The molecule has 0 heterocycles. The van der Waals surface area contributed by atoms with Crippen molar-refractivity contribution >= 4 is 23.6 Å². The molecule has 0 aliphatic heterocycles. The van der Waals surface area contributed by atoms with E-state index in [9.17, 15) is 29.4 Å². The zero-order valence-electron chi connectivity index (χ0n) is 25.1. The second kappa shape index (κ2) is 18.4. The standard InChI is InChI=1S/C30H46N8O6/c1-18-14-19(6-8-25(18)39)20-7-9-26(40)21(15-20)16-22(34)28(42)38-24(5-3-11-32)30(44)36-17-27(41)37-23(4-2-10-31)29(43)35-13-12-33/h6-9,14-15,22-24,39-40H,2-5,10-13,16-17,31-34H2,1H3,(H,35,43)(H,36,44)(H,37,41)(H,38,42)/t22-,23-,24-/m0/s1. The van der Waals surface area contributed by atoms with E-state index in [-0.39, 0.29) is 44.0 Å². The zero-order valence-corrected chi connectivity index (χ0v) is 25.1. The fourth-order valence-corrected chi connectivity index (χ4v) is 4.41. The molecule has 2 aromatic carbocycles. The molecule has 0 unspecified atom stereocenters. The molecule has 14 nitrogen and oxygen atoms in total. The van der Waals surface area contributed by atoms with E-state index >= 15 is 0 Å². The van der Waals surface area contributed by atoms with Crippen LogP contribution in [0.2, 0.25) is 0 Å². The highest BCUT2D eigenvalue weighted by molar-refractivity contribution is 5.93. The van der Waals surface area contributed by atoms with Crippen LogP contribution in [0.4, 0.5) is 0 Å². The molecular formula is C30H46N8O6. The first kappa shape index (κ1) is 36.0. The Labute approximate surface area is 257 Å². The van der Waals surface area contributed by atoms with Crippen LogP contribution in [0.25, 0.3) is 11.1 Å². The number of phenols is 2. The second-order valence-electron chi connectivity index (χ2n) is 10.5. The van der Waals surface area contributed by atoms with Crippen molar-refractivity contribution in [3.8, 4) is 22.6 Å². The van der Waals surface area contributed by atoms with Crippen molar-refractivity contribution in [2.24, 2.45) is 22.9 Å². The van der Waals surface area contributed by atoms with E-state index in [4.69, 9.17) is 22.9 Å². The maximum absolute atomic E-state index is 13.0. The Morgan fingerprint density at radius 2 is 1.32 bits per heavy atom. The van der Waals surface area contributed by atoms with Gasteiger partial charge in [0.2, 0.25) is 23.6 Å². The lowest BCUT2D eigenvalue weighted by Gasteiger charge is -2.22. The molecule has 14 heteroatoms. The van der Waals surface area contributed by atoms with Crippen LogP contribution < -0.4 is 44.2 Å². The first-order valence-corrected chi connectivity index (χ1v) is 14.6. The predicted molar refractivity (Wildman–Crippen MR) is 167 cm³/mol. The van der Waals surface area contributed by atoms with Gasteiger partial charge in [0.15, 0.2) is 0 Å². The fourth-order valence-electron chi connectivity index (χ4n) is 4.41. The van der Waals surface area contributed by atoms with E-state index in [1.165, 1.54) is 6.07 Å². The molecule has 2 rings (SSSR count). The predicted octanol–water partition coefficient (Wildman–Crippen LogP) is -1.42. The van der Waals surface area contributed by atoms with E-state index in [2.05, 4.69) is 21.3 Å². The van der Waals surface area contributed by atoms with Gasteiger partial charge in [0.1, 0.15) is 23.6 Å². The van der Waals surface area contributed by atoms with Crippen molar-refractivity contribution in [2.45, 2.75) is 57.2 Å². The zero-order chi connectivity index (χ0) is 32.6. The van der Waals surface area contributed by atoms with Crippen molar-refractivity contribution in [2.75, 3.05) is 32.7 Å². The number of hydrogen-bond acceptors (Lipinski definition) is 10. The molecule has 44 heavy (non-hydrogen) atoms. The van der Waals surface area contributed by atoms with Gasteiger partial charge in [-0.05, 0) is 92.2 Å². The summed E-state index contributed by atoms with van der Waals surface area (Å²) in [6.45, 7) is 2.43. The number of aromatic hydroxyl groups is 2. The molecule has 4 amide bonds. The minimum Gasteiger partial charge on any atom is -0.508 e. The fraction of sp³-hybridized carbons (Fsp3) is 0.467. The van der Waals surface area contributed by atoms with Gasteiger partial charge in [-0.15, -0.1) is 0 Å². The number of nitrogens with one attached hydrogen (secondary N) is 4. The molecule has 242 valence electrons. The number of nitrogens with two attached hydrogens (primary N) is 4. The Hall–Kier alpha value is -4.24. The molecule has 3 atom stereocenters. The van der Waals surface area contributed by atoms with Crippen molar-refractivity contribution < 1.29 is 29.4 Å². The number of aryl methyl sites for hydroxylation is 1. The number of hydrogen-bond donors (Lipinski definition) is 10. The highest BCUT2D eigenvalue weighted by atomic mass is 16.3. The lowest BCUT2D eigenvalue weighted by molar-refractivity contribution is -0.132. The summed E-state index contributed by atoms with van der Waals surface area (Å²) in [4.78, 5) is 50.9. The minimum absolute atomic E-state index is 0.0212. The van der Waals surface area contributed by atoms with Crippen molar-refractivity contribution in [1.29, 1.82) is 0 Å². The van der Waals surface area contributed by atoms with E-state index in [0.29, 0.717) is 36.9 Å². The third-order valence-electron chi connectivity index (χ3n) is 6.93. The molecule has 0 radical (unpaired) electrons. The molecule has 14 N–H and O–H groups in total. The van der Waals surface area contributed by atoms with Crippen LogP contribution in [-0.4, -0.2) is 84.7 Å². The monoisotopic (exact) mass is 614 g/mol. The highest BCUT2D eigenvalue weighted by Crippen LogP contribution is 2.29. The summed E-state index contributed by atoms with van der Waals surface area (Å²) < 4.78 is 0. The smallest absolute Gasteiger partial charge is 0.243 e. The molecule has 0 fully saturated rings. The van der Waals surface area contributed by atoms with Gasteiger partial charge in [-0.25, -0.2) is 0 Å². The molecule has 0 bridgehead atoms. The normalized spacial score (nSPS) is 12.9. The van der Waals surface area contributed by atoms with Crippen LogP contribution >= 0.6 is 0 Å². The topological polar surface area (TPSA) is 261 Å². The van der Waals surface area contributed by atoms with Crippen LogP contribution in [0, 0.1) is 6.92 Å². The van der Waals surface area contributed by atoms with Crippen molar-refractivity contribution in [3.05, 3.63) is 47.5 Å². The molecule has 0 aliphatic rings. The van der Waals surface area contributed by atoms with Gasteiger partial charge in [-0.3, -0.25) is 19.2 Å². The summed E-state index contributed by atoms with van der Waals surface area (Å²) in [6.07, 6.45) is 1.40. The number of amides is 4. The summed E-state index contributed by atoms with van der Waals surface area (Å²) in [5.74, 6) is -2.12. The summed E-state index contributed by atoms with van der Waals surface area (Å²) in [5.41, 5.74) is 25.4. The summed E-state index contributed by atoms with van der Waals surface area (Å²) in [7, 11) is 0. The van der Waals surface area contributed by atoms with Crippen molar-refractivity contribution in [3.63, 3.8) is 0 Å². The second-order valence-corrected chi connectivity index (χ2v) is 10.5. The maximum atomic E-state index is 13.0. The van der Waals surface area contributed by atoms with Crippen LogP contribution in [0.3, 0.4) is 0 Å². The van der Waals surface area contributed by atoms with Crippen LogP contribution in [0.1, 0.15) is 36.8 Å². The molecule has 0 saturated carbocycles. The Bertz CT molecular complexity index is 1270. The molecule has 2 aromatic rings. The maximum Gasteiger partial charge on any atom is 0.243 e. The molecular weight excluding hydrogens is 568 g/mol. The highest BCUT2D eigenvalue weighted by Gasteiger charge is 2.26. The Morgan fingerprint density at radius 1 is 0.750 bits per heavy atom. The summed E-state index contributed by atoms with van der Waals surface area (Å²) >= 11 is 0. The Morgan fingerprint density at radius 3 is 1.91 bits per heavy atom. The summed E-state index contributed by atoms with van der Waals surface area (Å²) in [6, 6.07) is 7.08. The van der Waals surface area contributed by atoms with E-state index in [0.717, 1.165) is 11.1 Å². The number of phenolic OH excluding ortho intramolecular Hbond substituents is 2. The third-order valence-corrected chi connectivity index (χ3v) is 6.93. The van der Waals surface area contributed by atoms with E-state index < -0.39 is 48.3 Å². The number of benzene rings is 2. The van der Waals surface area contributed by atoms with Crippen LogP contribution in [0.15, 0.2) is 36.4 Å². The average molecular weight is 615 g/mol. The van der Waals surface area contributed by atoms with Gasteiger partial charge in [0, 0.05) is 19.5 Å². The number of carbonyl (C=O) groups excluding carboxylic acids is 4. The molecule has 0 aromatic heterocycles. The van der Waals surface area contributed by atoms with Gasteiger partial charge in [0.05, 0.1) is 12.6 Å². The first-order chi connectivity index (χ1) is 21.0. The third kappa shape index (κ3) is 11.4. The quantitative estimate of drug-likeness (QED) is 0.0937. The SMILES string of the molecule is Cc1cc(-c2ccc(O)c(C[C@H](N)C(=O)N[C@@H](CCCN)C(=O)NCC(=O)N[C@@H](CCCN)C(=O)NCCN)c2)ccc1O. The van der Waals surface area contributed by atoms with Gasteiger partial charge >= 0.3 is 0 Å². The van der Waals surface area contributed by atoms with Gasteiger partial charge in [-0.1, -0.05) is 12.1 Å². The average Bonchev–Trinajstić information content (AvgIpc) is 3.00. The van der Waals surface area contributed by atoms with E-state index in [1.54, 1.807) is 37.3 Å². The van der Waals surface area contributed by atoms with E-state index in [1.807, 2.05) is 0 Å². The molecule has 0 aliphatic carbocycles. The first-order valence-electron chi connectivity index (χ1n) is 14.6. The van der Waals surface area contributed by atoms with Gasteiger partial charge < -0.3 is 54.4 Å². The molecule has 0 saturated heterocycles. The largest absolute Gasteiger partial charge is 0.508 e. The Kier molecular flexibility index (Phi) is 15.1.